The highest BCUT2D eigenvalue weighted by Gasteiger charge is 2.19. The first-order valence-electron chi connectivity index (χ1n) is 29.9. The smallest absolute Gasteiger partial charge is 0.306 e. The predicted octanol–water partition coefficient (Wildman–Crippen LogP) is 20.3. The van der Waals surface area contributed by atoms with Crippen molar-refractivity contribution in [2.75, 3.05) is 13.2 Å². The largest absolute Gasteiger partial charge is 0.462 e. The lowest BCUT2D eigenvalue weighted by atomic mass is 10.1. The summed E-state index contributed by atoms with van der Waals surface area (Å²) in [5.74, 6) is -0.920. The van der Waals surface area contributed by atoms with Gasteiger partial charge in [-0.15, -0.1) is 0 Å². The molecule has 6 heteroatoms. The molecule has 0 aliphatic heterocycles. The average molecular weight is 1000 g/mol. The number of ether oxygens (including phenoxy) is 3. The first kappa shape index (κ1) is 68.1. The summed E-state index contributed by atoms with van der Waals surface area (Å²) in [6, 6.07) is 0. The first-order valence-corrected chi connectivity index (χ1v) is 29.9. The molecule has 0 fully saturated rings. The molecule has 0 saturated carbocycles. The number of unbranched alkanes of at least 4 members (excludes halogenated alkanes) is 24. The van der Waals surface area contributed by atoms with Crippen LogP contribution in [0, 0.1) is 0 Å². The predicted molar refractivity (Wildman–Crippen MR) is 311 cm³/mol. The lowest BCUT2D eigenvalue weighted by Gasteiger charge is -2.18. The highest BCUT2D eigenvalue weighted by Crippen LogP contribution is 2.14. The molecule has 0 aliphatic carbocycles. The highest BCUT2D eigenvalue weighted by molar-refractivity contribution is 5.71. The zero-order valence-corrected chi connectivity index (χ0v) is 46.9. The van der Waals surface area contributed by atoms with Gasteiger partial charge in [-0.2, -0.15) is 0 Å². The van der Waals surface area contributed by atoms with Crippen molar-refractivity contribution in [3.8, 4) is 0 Å². The van der Waals surface area contributed by atoms with Crippen LogP contribution in [0.2, 0.25) is 0 Å². The number of allylic oxidation sites excluding steroid dienone is 18. The number of carbonyl (C=O) groups excluding carboxylic acids is 3. The number of hydrogen-bond donors (Lipinski definition) is 0. The van der Waals surface area contributed by atoms with E-state index < -0.39 is 6.10 Å². The number of carbonyl (C=O) groups is 3. The first-order chi connectivity index (χ1) is 35.5. The minimum Gasteiger partial charge on any atom is -0.462 e. The van der Waals surface area contributed by atoms with E-state index in [0.29, 0.717) is 19.3 Å². The van der Waals surface area contributed by atoms with Crippen LogP contribution in [0.4, 0.5) is 0 Å². The van der Waals surface area contributed by atoms with E-state index in [1.54, 1.807) is 0 Å². The second-order valence-electron chi connectivity index (χ2n) is 19.5. The minimum atomic E-state index is -0.793. The maximum Gasteiger partial charge on any atom is 0.306 e. The summed E-state index contributed by atoms with van der Waals surface area (Å²) in [5, 5.41) is 0. The summed E-state index contributed by atoms with van der Waals surface area (Å²) in [7, 11) is 0. The lowest BCUT2D eigenvalue weighted by molar-refractivity contribution is -0.167. The van der Waals surface area contributed by atoms with Gasteiger partial charge in [0.2, 0.25) is 0 Å². The third kappa shape index (κ3) is 57.0. The summed E-state index contributed by atoms with van der Waals surface area (Å²) < 4.78 is 16.8. The third-order valence-corrected chi connectivity index (χ3v) is 12.5. The molecule has 0 N–H and O–H groups in total. The Labute approximate surface area is 444 Å². The van der Waals surface area contributed by atoms with Crippen molar-refractivity contribution in [2.45, 2.75) is 277 Å². The Morgan fingerprint density at radius 2 is 0.569 bits per heavy atom. The van der Waals surface area contributed by atoms with Crippen molar-refractivity contribution in [3.63, 3.8) is 0 Å². The van der Waals surface area contributed by atoms with Gasteiger partial charge in [-0.05, 0) is 122 Å². The Kier molecular flexibility index (Phi) is 56.4. The van der Waals surface area contributed by atoms with Gasteiger partial charge < -0.3 is 14.2 Å². The molecule has 0 bridgehead atoms. The van der Waals surface area contributed by atoms with Crippen molar-refractivity contribution < 1.29 is 28.6 Å². The molecule has 0 aromatic heterocycles. The van der Waals surface area contributed by atoms with Gasteiger partial charge >= 0.3 is 17.9 Å². The van der Waals surface area contributed by atoms with E-state index in [4.69, 9.17) is 14.2 Å². The highest BCUT2D eigenvalue weighted by atomic mass is 16.6. The normalized spacial score (nSPS) is 12.9. The fourth-order valence-electron chi connectivity index (χ4n) is 8.01. The molecule has 0 aromatic rings. The fourth-order valence-corrected chi connectivity index (χ4v) is 8.01. The minimum absolute atomic E-state index is 0.0911. The van der Waals surface area contributed by atoms with Gasteiger partial charge in [-0.25, -0.2) is 0 Å². The Morgan fingerprint density at radius 3 is 0.917 bits per heavy atom. The number of hydrogen-bond acceptors (Lipinski definition) is 6. The molecule has 1 unspecified atom stereocenters. The van der Waals surface area contributed by atoms with Crippen molar-refractivity contribution in [1.29, 1.82) is 0 Å². The molecule has 6 nitrogen and oxygen atoms in total. The molecule has 0 aromatic carbocycles. The van der Waals surface area contributed by atoms with E-state index in [2.05, 4.69) is 130 Å². The molecule has 0 spiro atoms. The van der Waals surface area contributed by atoms with Crippen LogP contribution in [0.5, 0.6) is 0 Å². The second kappa shape index (κ2) is 59.6. The molecule has 0 aliphatic rings. The van der Waals surface area contributed by atoms with E-state index >= 15 is 0 Å². The SMILES string of the molecule is CC/C=C\C/C=C\C/C=C\C/C=C\C/C=C\C/C=C\CCCCCCCCCCC(=O)OCC(COC(=O)CCCCCCC/C=C\C/C=C\CCC)OC(=O)CCCCCCC/C=C\CCCCCCC. The van der Waals surface area contributed by atoms with Crippen molar-refractivity contribution in [1.82, 2.24) is 0 Å². The summed E-state index contributed by atoms with van der Waals surface area (Å²) in [6.45, 7) is 6.43. The summed E-state index contributed by atoms with van der Waals surface area (Å²) in [5.41, 5.74) is 0. The fraction of sp³-hybridized carbons (Fsp3) is 0.682. The van der Waals surface area contributed by atoms with E-state index in [1.165, 1.54) is 83.5 Å². The second-order valence-corrected chi connectivity index (χ2v) is 19.5. The van der Waals surface area contributed by atoms with Gasteiger partial charge in [0.15, 0.2) is 6.10 Å². The lowest BCUT2D eigenvalue weighted by Crippen LogP contribution is -2.30. The van der Waals surface area contributed by atoms with Gasteiger partial charge in [-0.3, -0.25) is 14.4 Å². The summed E-state index contributed by atoms with van der Waals surface area (Å²) in [6.07, 6.45) is 80.8. The quantitative estimate of drug-likeness (QED) is 0.0261. The molecule has 1 atom stereocenters. The monoisotopic (exact) mass is 999 g/mol. The van der Waals surface area contributed by atoms with E-state index in [0.717, 1.165) is 148 Å². The molecule has 72 heavy (non-hydrogen) atoms. The molecule has 410 valence electrons. The van der Waals surface area contributed by atoms with E-state index in [1.807, 2.05) is 0 Å². The summed E-state index contributed by atoms with van der Waals surface area (Å²) >= 11 is 0. The van der Waals surface area contributed by atoms with Crippen LogP contribution in [-0.2, 0) is 28.6 Å². The summed E-state index contributed by atoms with van der Waals surface area (Å²) in [4.78, 5) is 38.2. The third-order valence-electron chi connectivity index (χ3n) is 12.5. The van der Waals surface area contributed by atoms with Gasteiger partial charge in [0, 0.05) is 19.3 Å². The number of esters is 3. The van der Waals surface area contributed by atoms with Crippen LogP contribution >= 0.6 is 0 Å². The standard InChI is InChI=1S/C66H110O6/c1-4-7-10-13-16-19-22-25-27-28-29-30-31-32-33-34-35-36-37-38-39-42-44-47-50-53-56-59-65(68)71-62-63(61-70-64(67)58-55-52-49-46-43-40-24-21-18-15-12-9-6-3)72-66(69)60-57-54-51-48-45-41-26-23-20-17-14-11-8-5-2/h7,10,12,15-16,19,21,23-27,29-30,32-33,35-36,63H,4-6,8-9,11,13-14,17-18,20,22,28,31,34,37-62H2,1-3H3/b10-7-,15-12-,19-16-,24-21-,26-23-,27-25-,30-29-,33-32-,36-35-. The van der Waals surface area contributed by atoms with Gasteiger partial charge in [0.25, 0.3) is 0 Å². The van der Waals surface area contributed by atoms with Gasteiger partial charge in [0.1, 0.15) is 13.2 Å². The van der Waals surface area contributed by atoms with E-state index in [9.17, 15) is 14.4 Å². The zero-order chi connectivity index (χ0) is 52.2. The van der Waals surface area contributed by atoms with Gasteiger partial charge in [-0.1, -0.05) is 239 Å². The Balaban J connectivity index is 4.33. The van der Waals surface area contributed by atoms with Crippen LogP contribution < -0.4 is 0 Å². The molecule has 0 saturated heterocycles. The van der Waals surface area contributed by atoms with Crippen LogP contribution in [0.15, 0.2) is 109 Å². The van der Waals surface area contributed by atoms with Crippen LogP contribution in [0.1, 0.15) is 271 Å². The topological polar surface area (TPSA) is 78.9 Å². The molecular weight excluding hydrogens is 889 g/mol. The Hall–Kier alpha value is -3.93. The maximum atomic E-state index is 12.8. The van der Waals surface area contributed by atoms with Crippen LogP contribution in [-0.4, -0.2) is 37.2 Å². The van der Waals surface area contributed by atoms with Crippen LogP contribution in [0.25, 0.3) is 0 Å². The molecular formula is C66H110O6. The van der Waals surface area contributed by atoms with E-state index in [-0.39, 0.29) is 31.1 Å². The van der Waals surface area contributed by atoms with Crippen molar-refractivity contribution in [2.24, 2.45) is 0 Å². The number of rotatable bonds is 53. The Bertz CT molecular complexity index is 1470. The van der Waals surface area contributed by atoms with Crippen LogP contribution in [0.3, 0.4) is 0 Å². The Morgan fingerprint density at radius 1 is 0.292 bits per heavy atom. The molecule has 0 radical (unpaired) electrons. The zero-order valence-electron chi connectivity index (χ0n) is 46.9. The average Bonchev–Trinajstić information content (AvgIpc) is 3.38. The maximum absolute atomic E-state index is 12.8. The molecule has 0 heterocycles. The van der Waals surface area contributed by atoms with Crippen molar-refractivity contribution in [3.05, 3.63) is 109 Å². The molecule has 0 rings (SSSR count). The van der Waals surface area contributed by atoms with Crippen molar-refractivity contribution >= 4 is 17.9 Å². The molecule has 0 amide bonds. The van der Waals surface area contributed by atoms with Gasteiger partial charge in [0.05, 0.1) is 0 Å².